The van der Waals surface area contributed by atoms with Crippen LogP contribution in [-0.4, -0.2) is 30.7 Å². The molecule has 0 spiro atoms. The van der Waals surface area contributed by atoms with Crippen molar-refractivity contribution in [2.24, 2.45) is 0 Å². The van der Waals surface area contributed by atoms with Crippen LogP contribution in [0, 0.1) is 0 Å². The summed E-state index contributed by atoms with van der Waals surface area (Å²) >= 11 is 0. The highest BCUT2D eigenvalue weighted by molar-refractivity contribution is 6.74. The second-order valence-corrected chi connectivity index (χ2v) is 11.5. The summed E-state index contributed by atoms with van der Waals surface area (Å²) in [5.41, 5.74) is 1.26. The molecule has 0 fully saturated rings. The summed E-state index contributed by atoms with van der Waals surface area (Å²) in [6.07, 6.45) is 1.87. The summed E-state index contributed by atoms with van der Waals surface area (Å²) in [5.74, 6) is 0. The molecular weight excluding hydrogens is 242 g/mol. The molecule has 0 aromatic carbocycles. The molecule has 0 radical (unpaired) electrons. The molecule has 2 heterocycles. The van der Waals surface area contributed by atoms with Crippen molar-refractivity contribution >= 4 is 8.32 Å². The van der Waals surface area contributed by atoms with E-state index in [1.807, 2.05) is 6.20 Å². The van der Waals surface area contributed by atoms with E-state index in [-0.39, 0.29) is 5.04 Å². The lowest BCUT2D eigenvalue weighted by Crippen LogP contribution is -2.48. The van der Waals surface area contributed by atoms with Crippen LogP contribution < -0.4 is 5.32 Å². The van der Waals surface area contributed by atoms with Crippen molar-refractivity contribution in [1.82, 2.24) is 15.1 Å². The van der Waals surface area contributed by atoms with Crippen molar-refractivity contribution in [3.8, 4) is 0 Å². The Morgan fingerprint density at radius 2 is 2.22 bits per heavy atom. The van der Waals surface area contributed by atoms with E-state index < -0.39 is 8.32 Å². The van der Waals surface area contributed by atoms with Gasteiger partial charge in [-0.1, -0.05) is 20.8 Å². The molecule has 1 atom stereocenters. The van der Waals surface area contributed by atoms with Gasteiger partial charge in [-0.3, -0.25) is 4.68 Å². The van der Waals surface area contributed by atoms with Gasteiger partial charge in [-0.25, -0.2) is 0 Å². The topological polar surface area (TPSA) is 39.1 Å². The summed E-state index contributed by atoms with van der Waals surface area (Å²) in [7, 11) is -1.63. The summed E-state index contributed by atoms with van der Waals surface area (Å²) in [5, 5.41) is 8.13. The minimum atomic E-state index is -1.63. The largest absolute Gasteiger partial charge is 0.415 e. The Hall–Kier alpha value is -0.653. The van der Waals surface area contributed by atoms with Crippen LogP contribution in [0.25, 0.3) is 0 Å². The Balaban J connectivity index is 1.90. The fourth-order valence-corrected chi connectivity index (χ4v) is 2.88. The highest BCUT2D eigenvalue weighted by Gasteiger charge is 2.37. The van der Waals surface area contributed by atoms with Crippen molar-refractivity contribution in [1.29, 1.82) is 0 Å². The number of hydrogen-bond donors (Lipinski definition) is 1. The Morgan fingerprint density at radius 3 is 2.89 bits per heavy atom. The smallest absolute Gasteiger partial charge is 0.192 e. The molecule has 18 heavy (non-hydrogen) atoms. The van der Waals surface area contributed by atoms with Gasteiger partial charge in [0.15, 0.2) is 8.32 Å². The van der Waals surface area contributed by atoms with Crippen LogP contribution in [0.15, 0.2) is 12.3 Å². The van der Waals surface area contributed by atoms with Crippen LogP contribution in [0.1, 0.15) is 26.5 Å². The third-order valence-electron chi connectivity index (χ3n) is 4.22. The molecule has 1 N–H and O–H groups in total. The Kier molecular flexibility index (Phi) is 3.67. The number of hydrogen-bond acceptors (Lipinski definition) is 3. The lowest BCUT2D eigenvalue weighted by atomic mass is 10.2. The maximum atomic E-state index is 6.26. The number of nitrogens with one attached hydrogen (secondary N) is 1. The van der Waals surface area contributed by atoms with Gasteiger partial charge in [-0.05, 0) is 24.2 Å². The Bertz CT molecular complexity index is 409. The van der Waals surface area contributed by atoms with Gasteiger partial charge in [0.25, 0.3) is 0 Å². The van der Waals surface area contributed by atoms with Crippen LogP contribution >= 0.6 is 0 Å². The first-order valence-corrected chi connectivity index (χ1v) is 9.58. The molecule has 5 heteroatoms. The van der Waals surface area contributed by atoms with Crippen molar-refractivity contribution in [3.63, 3.8) is 0 Å². The van der Waals surface area contributed by atoms with E-state index in [0.29, 0.717) is 6.04 Å². The average Bonchev–Trinajstić information content (AvgIpc) is 2.71. The third kappa shape index (κ3) is 2.84. The highest BCUT2D eigenvalue weighted by atomic mass is 28.4. The number of aromatic nitrogens is 2. The van der Waals surface area contributed by atoms with Gasteiger partial charge in [0, 0.05) is 18.8 Å². The first-order chi connectivity index (χ1) is 8.29. The van der Waals surface area contributed by atoms with Crippen molar-refractivity contribution in [2.45, 2.75) is 58.0 Å². The van der Waals surface area contributed by atoms with Gasteiger partial charge in [0.1, 0.15) is 0 Å². The zero-order chi connectivity index (χ0) is 13.4. The van der Waals surface area contributed by atoms with E-state index in [0.717, 1.165) is 19.7 Å². The fourth-order valence-electron chi connectivity index (χ4n) is 1.83. The predicted molar refractivity (Wildman–Crippen MR) is 76.0 cm³/mol. The number of fused-ring (bicyclic) bond motifs is 1. The third-order valence-corrected chi connectivity index (χ3v) is 8.72. The first kappa shape index (κ1) is 13.8. The molecule has 0 bridgehead atoms. The molecule has 1 aliphatic heterocycles. The Morgan fingerprint density at radius 1 is 1.50 bits per heavy atom. The van der Waals surface area contributed by atoms with Crippen LogP contribution in [0.2, 0.25) is 18.1 Å². The average molecular weight is 267 g/mol. The molecule has 1 aromatic heterocycles. The van der Waals surface area contributed by atoms with Crippen LogP contribution in [0.3, 0.4) is 0 Å². The van der Waals surface area contributed by atoms with E-state index in [9.17, 15) is 0 Å². The first-order valence-electron chi connectivity index (χ1n) is 6.68. The minimum absolute atomic E-state index is 0.276. The molecule has 0 saturated carbocycles. The van der Waals surface area contributed by atoms with Crippen LogP contribution in [-0.2, 0) is 17.5 Å². The summed E-state index contributed by atoms with van der Waals surface area (Å²) in [4.78, 5) is 0. The quantitative estimate of drug-likeness (QED) is 0.855. The highest BCUT2D eigenvalue weighted by Crippen LogP contribution is 2.36. The van der Waals surface area contributed by atoms with E-state index in [1.54, 1.807) is 0 Å². The van der Waals surface area contributed by atoms with Crippen molar-refractivity contribution in [3.05, 3.63) is 18.0 Å². The normalized spacial score (nSPS) is 20.8. The van der Waals surface area contributed by atoms with Gasteiger partial charge in [-0.2, -0.15) is 5.10 Å². The van der Waals surface area contributed by atoms with Crippen LogP contribution in [0.4, 0.5) is 0 Å². The van der Waals surface area contributed by atoms with Gasteiger partial charge < -0.3 is 9.74 Å². The predicted octanol–water partition coefficient (Wildman–Crippen LogP) is 2.38. The standard InChI is InChI=1S/C13H25N3OSi/c1-13(2,3)18(4,5)17-10-11-9-16-12(8-14-11)6-7-15-16/h6-7,11,14H,8-10H2,1-5H3/t11-/m0/s1. The maximum Gasteiger partial charge on any atom is 0.192 e. The van der Waals surface area contributed by atoms with Gasteiger partial charge >= 0.3 is 0 Å². The molecule has 0 aliphatic carbocycles. The second kappa shape index (κ2) is 4.79. The van der Waals surface area contributed by atoms with E-state index in [2.05, 4.69) is 55.0 Å². The second-order valence-electron chi connectivity index (χ2n) is 6.65. The zero-order valence-electron chi connectivity index (χ0n) is 12.2. The van der Waals surface area contributed by atoms with Gasteiger partial charge in [-0.15, -0.1) is 0 Å². The van der Waals surface area contributed by atoms with E-state index in [4.69, 9.17) is 4.43 Å². The molecule has 102 valence electrons. The number of nitrogens with zero attached hydrogens (tertiary/aromatic N) is 2. The lowest BCUT2D eigenvalue weighted by Gasteiger charge is -2.38. The summed E-state index contributed by atoms with van der Waals surface area (Å²) in [6, 6.07) is 2.45. The minimum Gasteiger partial charge on any atom is -0.415 e. The SMILES string of the molecule is CC(C)(C)[Si](C)(C)OC[C@@H]1Cn2nccc2CN1. The zero-order valence-corrected chi connectivity index (χ0v) is 13.2. The molecule has 1 aromatic rings. The Labute approximate surface area is 111 Å². The van der Waals surface area contributed by atoms with Gasteiger partial charge in [0.05, 0.1) is 18.8 Å². The maximum absolute atomic E-state index is 6.26. The molecule has 4 nitrogen and oxygen atoms in total. The molecule has 0 amide bonds. The van der Waals surface area contributed by atoms with Gasteiger partial charge in [0.2, 0.25) is 0 Å². The van der Waals surface area contributed by atoms with E-state index in [1.165, 1.54) is 5.69 Å². The fraction of sp³-hybridized carbons (Fsp3) is 0.769. The summed E-state index contributed by atoms with van der Waals surface area (Å²) in [6.45, 7) is 14.0. The molecule has 0 saturated heterocycles. The molecular formula is C13H25N3OSi. The molecule has 2 rings (SSSR count). The molecule has 1 aliphatic rings. The monoisotopic (exact) mass is 267 g/mol. The summed E-state index contributed by atoms with van der Waals surface area (Å²) < 4.78 is 8.34. The van der Waals surface area contributed by atoms with Crippen molar-refractivity contribution in [2.75, 3.05) is 6.61 Å². The molecule has 0 unspecified atom stereocenters. The van der Waals surface area contributed by atoms with Crippen molar-refractivity contribution < 1.29 is 4.43 Å². The van der Waals surface area contributed by atoms with Crippen LogP contribution in [0.5, 0.6) is 0 Å². The van der Waals surface area contributed by atoms with E-state index >= 15 is 0 Å². The lowest BCUT2D eigenvalue weighted by molar-refractivity contribution is 0.212. The number of rotatable bonds is 3.